The van der Waals surface area contributed by atoms with Crippen molar-refractivity contribution >= 4 is 34.0 Å². The van der Waals surface area contributed by atoms with Crippen LogP contribution in [0, 0.1) is 6.92 Å². The Morgan fingerprint density at radius 3 is 2.86 bits per heavy atom. The van der Waals surface area contributed by atoms with E-state index >= 15 is 0 Å². The number of rotatable bonds is 5. The van der Waals surface area contributed by atoms with Crippen molar-refractivity contribution in [2.75, 3.05) is 10.5 Å². The molecule has 28 heavy (non-hydrogen) atoms. The number of oxazole rings is 1. The minimum absolute atomic E-state index is 0.0786. The number of hydrogen-bond donors (Lipinski definition) is 3. The van der Waals surface area contributed by atoms with Gasteiger partial charge in [0.2, 0.25) is 0 Å². The summed E-state index contributed by atoms with van der Waals surface area (Å²) in [5.41, 5.74) is 9.17. The predicted octanol–water partition coefficient (Wildman–Crippen LogP) is 1.17. The van der Waals surface area contributed by atoms with Gasteiger partial charge in [0.15, 0.2) is 5.89 Å². The Bertz CT molecular complexity index is 1150. The smallest absolute Gasteiger partial charge is 0.448 e. The van der Waals surface area contributed by atoms with Crippen LogP contribution in [0.5, 0.6) is 0 Å². The number of nitrogens with two attached hydrogens (primary N) is 1. The van der Waals surface area contributed by atoms with Gasteiger partial charge in [0, 0.05) is 11.4 Å². The van der Waals surface area contributed by atoms with Gasteiger partial charge in [0.1, 0.15) is 6.26 Å². The number of nitrogens with one attached hydrogen (secondary N) is 1. The number of nitrogens with zero attached hydrogens (tertiary/aromatic N) is 1. The summed E-state index contributed by atoms with van der Waals surface area (Å²) >= 11 is 0. The van der Waals surface area contributed by atoms with Gasteiger partial charge < -0.3 is 19.8 Å². The third kappa shape index (κ3) is 3.61. The van der Waals surface area contributed by atoms with Crippen molar-refractivity contribution in [1.82, 2.24) is 4.98 Å². The van der Waals surface area contributed by atoms with Gasteiger partial charge in [-0.3, -0.25) is 4.72 Å². The molecule has 2 aromatic carbocycles. The number of fused-ring (bicyclic) bond motifs is 1. The molecule has 1 aliphatic heterocycles. The van der Waals surface area contributed by atoms with Crippen molar-refractivity contribution in [3.63, 3.8) is 0 Å². The molecule has 3 aromatic rings. The summed E-state index contributed by atoms with van der Waals surface area (Å²) < 4.78 is 39.1. The second kappa shape index (κ2) is 6.97. The van der Waals surface area contributed by atoms with Gasteiger partial charge in [0.25, 0.3) is 10.0 Å². The molecular formula is C18H18BN3O5S. The van der Waals surface area contributed by atoms with Gasteiger partial charge in [-0.1, -0.05) is 6.07 Å². The van der Waals surface area contributed by atoms with Gasteiger partial charge in [-0.2, -0.15) is 0 Å². The summed E-state index contributed by atoms with van der Waals surface area (Å²) in [7, 11) is -4.96. The van der Waals surface area contributed by atoms with Gasteiger partial charge in [-0.25, -0.2) is 13.4 Å². The van der Waals surface area contributed by atoms with Gasteiger partial charge >= 0.3 is 7.12 Å². The van der Waals surface area contributed by atoms with Crippen molar-refractivity contribution in [2.45, 2.75) is 24.8 Å². The molecule has 0 atom stereocenters. The molecule has 10 heteroatoms. The second-order valence-electron chi connectivity index (χ2n) is 6.61. The Morgan fingerprint density at radius 1 is 1.29 bits per heavy atom. The van der Waals surface area contributed by atoms with Crippen LogP contribution in [-0.2, 0) is 27.7 Å². The Hall–Kier alpha value is -2.82. The molecule has 4 rings (SSSR count). The van der Waals surface area contributed by atoms with E-state index in [0.29, 0.717) is 40.6 Å². The largest absolute Gasteiger partial charge is 0.491 e. The molecule has 0 unspecified atom stereocenters. The molecule has 1 aromatic heterocycles. The van der Waals surface area contributed by atoms with Gasteiger partial charge in [-0.15, -0.1) is 0 Å². The zero-order chi connectivity index (χ0) is 19.9. The van der Waals surface area contributed by atoms with E-state index in [1.54, 1.807) is 31.2 Å². The Balaban J connectivity index is 1.67. The second-order valence-corrected chi connectivity index (χ2v) is 8.26. The average molecular weight is 399 g/mol. The maximum Gasteiger partial charge on any atom is 0.491 e. The highest BCUT2D eigenvalue weighted by Gasteiger charge is 2.28. The average Bonchev–Trinajstić information content (AvgIpc) is 3.20. The maximum absolute atomic E-state index is 13.0. The van der Waals surface area contributed by atoms with Crippen LogP contribution in [0.15, 0.2) is 52.0 Å². The van der Waals surface area contributed by atoms with Crippen LogP contribution in [0.4, 0.5) is 11.4 Å². The van der Waals surface area contributed by atoms with Crippen LogP contribution in [0.2, 0.25) is 0 Å². The standard InChI is InChI=1S/C18H18BN3O5S/c1-11-9-26-18(21-11)7-13-6-14(20)3-5-17(13)28(24,25)22-15-4-2-12-10-27-19(23)16(12)8-15/h2-6,8-9,22-23H,7,10,20H2,1H3. The summed E-state index contributed by atoms with van der Waals surface area (Å²) in [6.45, 7) is 2.08. The molecule has 1 aliphatic rings. The molecule has 0 fully saturated rings. The fraction of sp³-hybridized carbons (Fsp3) is 0.167. The van der Waals surface area contributed by atoms with Crippen molar-refractivity contribution in [1.29, 1.82) is 0 Å². The number of benzene rings is 2. The molecule has 0 bridgehead atoms. The van der Waals surface area contributed by atoms with Crippen LogP contribution in [0.1, 0.15) is 22.7 Å². The lowest BCUT2D eigenvalue weighted by Gasteiger charge is -2.13. The number of aromatic nitrogens is 1. The highest BCUT2D eigenvalue weighted by molar-refractivity contribution is 7.92. The first kappa shape index (κ1) is 18.5. The number of anilines is 2. The number of aryl methyl sites for hydroxylation is 1. The zero-order valence-corrected chi connectivity index (χ0v) is 15.9. The van der Waals surface area contributed by atoms with Crippen molar-refractivity contribution in [3.05, 3.63) is 65.4 Å². The summed E-state index contributed by atoms with van der Waals surface area (Å²) in [5, 5.41) is 9.83. The normalized spacial score (nSPS) is 13.6. The van der Waals surface area contributed by atoms with Gasteiger partial charge in [0.05, 0.1) is 23.6 Å². The van der Waals surface area contributed by atoms with E-state index in [1.807, 2.05) is 0 Å². The number of hydrogen-bond acceptors (Lipinski definition) is 7. The molecule has 0 saturated heterocycles. The number of sulfonamides is 1. The Kier molecular flexibility index (Phi) is 4.62. The fourth-order valence-electron chi connectivity index (χ4n) is 3.13. The van der Waals surface area contributed by atoms with E-state index in [2.05, 4.69) is 9.71 Å². The SMILES string of the molecule is Cc1coc(Cc2cc(N)ccc2S(=O)(=O)Nc2ccc3c(c2)B(O)OC3)n1. The molecule has 0 saturated carbocycles. The molecule has 0 radical (unpaired) electrons. The van der Waals surface area contributed by atoms with Crippen LogP contribution in [0.3, 0.4) is 0 Å². The van der Waals surface area contributed by atoms with E-state index in [1.165, 1.54) is 18.4 Å². The lowest BCUT2D eigenvalue weighted by molar-refractivity contribution is 0.275. The molecule has 8 nitrogen and oxygen atoms in total. The summed E-state index contributed by atoms with van der Waals surface area (Å²) in [6, 6.07) is 9.50. The highest BCUT2D eigenvalue weighted by atomic mass is 32.2. The van der Waals surface area contributed by atoms with Crippen LogP contribution >= 0.6 is 0 Å². The Labute approximate surface area is 162 Å². The third-order valence-corrected chi connectivity index (χ3v) is 5.92. The van der Waals surface area contributed by atoms with Crippen molar-refractivity contribution < 1.29 is 22.5 Å². The highest BCUT2D eigenvalue weighted by Crippen LogP contribution is 2.25. The minimum atomic E-state index is -3.91. The summed E-state index contributed by atoms with van der Waals surface area (Å²) in [5.74, 6) is 0.400. The third-order valence-electron chi connectivity index (χ3n) is 4.44. The molecule has 0 aliphatic carbocycles. The lowest BCUT2D eigenvalue weighted by Crippen LogP contribution is -2.28. The number of nitrogen functional groups attached to an aromatic ring is 1. The molecule has 144 valence electrons. The van der Waals surface area contributed by atoms with Crippen molar-refractivity contribution in [3.8, 4) is 0 Å². The first-order chi connectivity index (χ1) is 13.3. The van der Waals surface area contributed by atoms with E-state index < -0.39 is 17.1 Å². The zero-order valence-electron chi connectivity index (χ0n) is 15.0. The predicted molar refractivity (Wildman–Crippen MR) is 105 cm³/mol. The van der Waals surface area contributed by atoms with Crippen LogP contribution in [-0.4, -0.2) is 25.5 Å². The van der Waals surface area contributed by atoms with Crippen LogP contribution in [0.25, 0.3) is 0 Å². The van der Waals surface area contributed by atoms with Gasteiger partial charge in [-0.05, 0) is 53.8 Å². The van der Waals surface area contributed by atoms with Crippen LogP contribution < -0.4 is 15.9 Å². The monoisotopic (exact) mass is 399 g/mol. The molecular weight excluding hydrogens is 381 g/mol. The molecule has 0 spiro atoms. The summed E-state index contributed by atoms with van der Waals surface area (Å²) in [6.07, 6.45) is 1.69. The minimum Gasteiger partial charge on any atom is -0.448 e. The first-order valence-electron chi connectivity index (χ1n) is 8.56. The van der Waals surface area contributed by atoms with E-state index in [-0.39, 0.29) is 11.3 Å². The molecule has 2 heterocycles. The van der Waals surface area contributed by atoms with E-state index in [4.69, 9.17) is 14.8 Å². The van der Waals surface area contributed by atoms with Crippen molar-refractivity contribution in [2.24, 2.45) is 0 Å². The first-order valence-corrected chi connectivity index (χ1v) is 10.0. The molecule has 0 amide bonds. The summed E-state index contributed by atoms with van der Waals surface area (Å²) in [4.78, 5) is 4.30. The van der Waals surface area contributed by atoms with E-state index in [0.717, 1.165) is 5.56 Å². The quantitative estimate of drug-likeness (QED) is 0.434. The molecule has 4 N–H and O–H groups in total. The Morgan fingerprint density at radius 2 is 2.11 bits per heavy atom. The maximum atomic E-state index is 13.0. The van der Waals surface area contributed by atoms with E-state index in [9.17, 15) is 13.4 Å². The lowest BCUT2D eigenvalue weighted by atomic mass is 9.79. The topological polar surface area (TPSA) is 128 Å². The fourth-order valence-corrected chi connectivity index (χ4v) is 4.41.